The van der Waals surface area contributed by atoms with Crippen LogP contribution < -0.4 is 5.73 Å². The van der Waals surface area contributed by atoms with E-state index in [0.29, 0.717) is 10.4 Å². The second kappa shape index (κ2) is 6.49. The first-order chi connectivity index (χ1) is 7.49. The third kappa shape index (κ3) is 4.74. The van der Waals surface area contributed by atoms with Crippen molar-refractivity contribution in [2.45, 2.75) is 32.9 Å². The van der Waals surface area contributed by atoms with E-state index in [0.717, 1.165) is 24.5 Å². The molecule has 0 aromatic carbocycles. The molecule has 0 radical (unpaired) electrons. The molecule has 1 rings (SSSR count). The van der Waals surface area contributed by atoms with E-state index in [-0.39, 0.29) is 6.04 Å². The van der Waals surface area contributed by atoms with Crippen LogP contribution >= 0.6 is 22.9 Å². The summed E-state index contributed by atoms with van der Waals surface area (Å²) in [6, 6.07) is 0.264. The molecule has 0 fully saturated rings. The Morgan fingerprint density at radius 2 is 2.12 bits per heavy atom. The van der Waals surface area contributed by atoms with Crippen LogP contribution in [0.4, 0.5) is 0 Å². The number of nitrogens with two attached hydrogens (primary N) is 1. The molecule has 0 saturated carbocycles. The Kier molecular flexibility index (Phi) is 5.61. The predicted molar refractivity (Wildman–Crippen MR) is 68.7 cm³/mol. The minimum atomic E-state index is 0.264. The Hall–Kier alpha value is -0.230. The molecule has 0 saturated heterocycles. The first kappa shape index (κ1) is 13.8. The molecule has 4 nitrogen and oxygen atoms in total. The van der Waals surface area contributed by atoms with Crippen molar-refractivity contribution in [2.75, 3.05) is 13.6 Å². The molecule has 0 aliphatic heterocycles. The number of hydrogen-bond donors (Lipinski definition) is 1. The monoisotopic (exact) mass is 262 g/mol. The second-order valence-corrected chi connectivity index (χ2v) is 6.03. The molecule has 1 unspecified atom stereocenters. The van der Waals surface area contributed by atoms with Crippen LogP contribution in [0.3, 0.4) is 0 Å². The molecule has 0 amide bonds. The smallest absolute Gasteiger partial charge is 0.207 e. The van der Waals surface area contributed by atoms with Crippen molar-refractivity contribution in [1.82, 2.24) is 15.1 Å². The van der Waals surface area contributed by atoms with Gasteiger partial charge < -0.3 is 5.73 Å². The van der Waals surface area contributed by atoms with Crippen molar-refractivity contribution in [2.24, 2.45) is 11.7 Å². The topological polar surface area (TPSA) is 55.0 Å². The summed E-state index contributed by atoms with van der Waals surface area (Å²) in [7, 11) is 2.06. The minimum Gasteiger partial charge on any atom is -0.327 e. The highest BCUT2D eigenvalue weighted by molar-refractivity contribution is 7.15. The van der Waals surface area contributed by atoms with Crippen LogP contribution in [0.15, 0.2) is 0 Å². The SMILES string of the molecule is CC(C)C(N)CCN(C)Cc1nnc(Cl)s1. The molecule has 0 aliphatic rings. The summed E-state index contributed by atoms with van der Waals surface area (Å²) in [4.78, 5) is 2.19. The van der Waals surface area contributed by atoms with E-state index in [1.54, 1.807) is 0 Å². The molecule has 1 heterocycles. The van der Waals surface area contributed by atoms with E-state index in [1.807, 2.05) is 0 Å². The third-order valence-electron chi connectivity index (χ3n) is 2.55. The van der Waals surface area contributed by atoms with Gasteiger partial charge in [0.2, 0.25) is 4.47 Å². The van der Waals surface area contributed by atoms with E-state index >= 15 is 0 Å². The molecule has 1 aromatic heterocycles. The van der Waals surface area contributed by atoms with Gasteiger partial charge in [-0.3, -0.25) is 4.90 Å². The maximum absolute atomic E-state index is 5.99. The quantitative estimate of drug-likeness (QED) is 0.852. The molecule has 1 aromatic rings. The molecule has 0 bridgehead atoms. The minimum absolute atomic E-state index is 0.264. The van der Waals surface area contributed by atoms with Crippen molar-refractivity contribution in [3.05, 3.63) is 9.47 Å². The standard InChI is InChI=1S/C10H19ClN4S/c1-7(2)8(12)4-5-15(3)6-9-13-14-10(11)16-9/h7-8H,4-6,12H2,1-3H3. The van der Waals surface area contributed by atoms with Gasteiger partial charge in [-0.2, -0.15) is 0 Å². The Balaban J connectivity index is 2.28. The zero-order chi connectivity index (χ0) is 12.1. The van der Waals surface area contributed by atoms with Crippen molar-refractivity contribution in [1.29, 1.82) is 0 Å². The first-order valence-electron chi connectivity index (χ1n) is 5.41. The lowest BCUT2D eigenvalue weighted by Gasteiger charge is -2.20. The summed E-state index contributed by atoms with van der Waals surface area (Å²) in [5, 5.41) is 8.71. The first-order valence-corrected chi connectivity index (χ1v) is 6.60. The summed E-state index contributed by atoms with van der Waals surface area (Å²) < 4.78 is 0.502. The lowest BCUT2D eigenvalue weighted by molar-refractivity contribution is 0.295. The Morgan fingerprint density at radius 3 is 2.62 bits per heavy atom. The van der Waals surface area contributed by atoms with Crippen LogP contribution in [0.5, 0.6) is 0 Å². The highest BCUT2D eigenvalue weighted by Gasteiger charge is 2.10. The maximum Gasteiger partial charge on any atom is 0.207 e. The number of nitrogens with zero attached hydrogens (tertiary/aromatic N) is 3. The third-order valence-corrected chi connectivity index (χ3v) is 3.55. The van der Waals surface area contributed by atoms with Gasteiger partial charge in [-0.15, -0.1) is 10.2 Å². The molecule has 2 N–H and O–H groups in total. The van der Waals surface area contributed by atoms with Gasteiger partial charge in [0.1, 0.15) is 5.01 Å². The van der Waals surface area contributed by atoms with E-state index in [1.165, 1.54) is 11.3 Å². The molecule has 6 heteroatoms. The molecular formula is C10H19ClN4S. The number of halogens is 1. The van der Waals surface area contributed by atoms with Gasteiger partial charge in [0, 0.05) is 6.04 Å². The van der Waals surface area contributed by atoms with Crippen LogP contribution in [0.25, 0.3) is 0 Å². The molecule has 16 heavy (non-hydrogen) atoms. The Morgan fingerprint density at radius 1 is 1.44 bits per heavy atom. The number of hydrogen-bond acceptors (Lipinski definition) is 5. The highest BCUT2D eigenvalue weighted by atomic mass is 35.5. The van der Waals surface area contributed by atoms with E-state index in [9.17, 15) is 0 Å². The largest absolute Gasteiger partial charge is 0.327 e. The molecule has 92 valence electrons. The fourth-order valence-corrected chi connectivity index (χ4v) is 2.26. The van der Waals surface area contributed by atoms with Crippen molar-refractivity contribution in [3.8, 4) is 0 Å². The fourth-order valence-electron chi connectivity index (χ4n) is 1.31. The average molecular weight is 263 g/mol. The maximum atomic E-state index is 5.99. The van der Waals surface area contributed by atoms with Crippen LogP contribution in [0, 0.1) is 5.92 Å². The van der Waals surface area contributed by atoms with Crippen LogP contribution in [-0.2, 0) is 6.54 Å². The van der Waals surface area contributed by atoms with E-state index in [4.69, 9.17) is 17.3 Å². The van der Waals surface area contributed by atoms with Crippen molar-refractivity contribution < 1.29 is 0 Å². The summed E-state index contributed by atoms with van der Waals surface area (Å²) in [6.45, 7) is 6.05. The van der Waals surface area contributed by atoms with Crippen LogP contribution in [0.2, 0.25) is 4.47 Å². The lowest BCUT2D eigenvalue weighted by Crippen LogP contribution is -2.31. The zero-order valence-corrected chi connectivity index (χ0v) is 11.6. The molecular weight excluding hydrogens is 244 g/mol. The van der Waals surface area contributed by atoms with Crippen LogP contribution in [0.1, 0.15) is 25.3 Å². The zero-order valence-electron chi connectivity index (χ0n) is 9.98. The van der Waals surface area contributed by atoms with Gasteiger partial charge in [0.25, 0.3) is 0 Å². The summed E-state index contributed by atoms with van der Waals surface area (Å²) >= 11 is 7.15. The summed E-state index contributed by atoms with van der Waals surface area (Å²) in [5.74, 6) is 0.532. The Bertz CT molecular complexity index is 316. The van der Waals surface area contributed by atoms with Gasteiger partial charge in [0.05, 0.1) is 6.54 Å². The predicted octanol–water partition coefficient (Wildman–Crippen LogP) is 2.00. The average Bonchev–Trinajstić information content (AvgIpc) is 2.60. The second-order valence-electron chi connectivity index (χ2n) is 4.38. The lowest BCUT2D eigenvalue weighted by atomic mass is 10.0. The summed E-state index contributed by atoms with van der Waals surface area (Å²) in [5.41, 5.74) is 5.99. The summed E-state index contributed by atoms with van der Waals surface area (Å²) in [6.07, 6.45) is 1.00. The number of aromatic nitrogens is 2. The van der Waals surface area contributed by atoms with E-state index < -0.39 is 0 Å². The van der Waals surface area contributed by atoms with Gasteiger partial charge in [-0.25, -0.2) is 0 Å². The van der Waals surface area contributed by atoms with Gasteiger partial charge in [-0.1, -0.05) is 25.2 Å². The van der Waals surface area contributed by atoms with Crippen molar-refractivity contribution >= 4 is 22.9 Å². The normalized spacial score (nSPS) is 13.7. The molecule has 0 spiro atoms. The van der Waals surface area contributed by atoms with Crippen LogP contribution in [-0.4, -0.2) is 34.7 Å². The Labute approximate surface area is 106 Å². The highest BCUT2D eigenvalue weighted by Crippen LogP contribution is 2.16. The van der Waals surface area contributed by atoms with E-state index in [2.05, 4.69) is 36.0 Å². The van der Waals surface area contributed by atoms with Crippen molar-refractivity contribution in [3.63, 3.8) is 0 Å². The van der Waals surface area contributed by atoms with Gasteiger partial charge >= 0.3 is 0 Å². The fraction of sp³-hybridized carbons (Fsp3) is 0.800. The molecule has 0 aliphatic carbocycles. The molecule has 1 atom stereocenters. The number of rotatable bonds is 6. The van der Waals surface area contributed by atoms with Gasteiger partial charge in [-0.05, 0) is 37.5 Å². The van der Waals surface area contributed by atoms with Gasteiger partial charge in [0.15, 0.2) is 0 Å².